The van der Waals surface area contributed by atoms with Gasteiger partial charge < -0.3 is 10.6 Å². The SMILES string of the molecule is CCCc1nc(C(=O)Nc2ccccc2N2C(=O)NC(C)C2=O)cs1. The summed E-state index contributed by atoms with van der Waals surface area (Å²) >= 11 is 1.44. The van der Waals surface area contributed by atoms with Crippen molar-refractivity contribution in [1.29, 1.82) is 0 Å². The van der Waals surface area contributed by atoms with Crippen LogP contribution in [-0.2, 0) is 11.2 Å². The van der Waals surface area contributed by atoms with Crippen LogP contribution in [0.4, 0.5) is 16.2 Å². The van der Waals surface area contributed by atoms with E-state index < -0.39 is 12.1 Å². The zero-order valence-corrected chi connectivity index (χ0v) is 14.7. The minimum Gasteiger partial charge on any atom is -0.326 e. The summed E-state index contributed by atoms with van der Waals surface area (Å²) < 4.78 is 0. The first kappa shape index (κ1) is 17.1. The second kappa shape index (κ2) is 7.02. The zero-order valence-electron chi connectivity index (χ0n) is 13.9. The Hall–Kier alpha value is -2.74. The maximum absolute atomic E-state index is 12.5. The number of amides is 4. The summed E-state index contributed by atoms with van der Waals surface area (Å²) in [5, 5.41) is 7.92. The standard InChI is InChI=1S/C17H18N4O3S/c1-3-6-14-19-12(9-25-14)15(22)20-11-7-4-5-8-13(11)21-16(23)10(2)18-17(21)24/h4-5,7-10H,3,6H2,1-2H3,(H,18,24)(H,20,22). The Labute approximate surface area is 149 Å². The largest absolute Gasteiger partial charge is 0.329 e. The third kappa shape index (κ3) is 3.39. The van der Waals surface area contributed by atoms with E-state index in [0.29, 0.717) is 17.1 Å². The molecule has 1 aliphatic rings. The van der Waals surface area contributed by atoms with Crippen molar-refractivity contribution in [3.8, 4) is 0 Å². The van der Waals surface area contributed by atoms with E-state index in [0.717, 1.165) is 22.7 Å². The number of hydrogen-bond donors (Lipinski definition) is 2. The molecule has 0 radical (unpaired) electrons. The van der Waals surface area contributed by atoms with Crippen molar-refractivity contribution in [1.82, 2.24) is 10.3 Å². The number of anilines is 2. The molecule has 2 heterocycles. The monoisotopic (exact) mass is 358 g/mol. The lowest BCUT2D eigenvalue weighted by Crippen LogP contribution is -2.32. The van der Waals surface area contributed by atoms with Gasteiger partial charge in [-0.2, -0.15) is 0 Å². The van der Waals surface area contributed by atoms with E-state index in [1.807, 2.05) is 0 Å². The molecule has 0 bridgehead atoms. The minimum atomic E-state index is -0.591. The molecule has 7 nitrogen and oxygen atoms in total. The minimum absolute atomic E-state index is 0.328. The number of hydrogen-bond acceptors (Lipinski definition) is 5. The fourth-order valence-corrected chi connectivity index (χ4v) is 3.42. The van der Waals surface area contributed by atoms with Gasteiger partial charge in [-0.1, -0.05) is 19.1 Å². The van der Waals surface area contributed by atoms with Crippen LogP contribution in [0.25, 0.3) is 0 Å². The molecule has 25 heavy (non-hydrogen) atoms. The lowest BCUT2D eigenvalue weighted by Gasteiger charge is -2.17. The predicted molar refractivity (Wildman–Crippen MR) is 96.0 cm³/mol. The number of rotatable bonds is 5. The van der Waals surface area contributed by atoms with E-state index in [9.17, 15) is 14.4 Å². The Bertz CT molecular complexity index is 833. The predicted octanol–water partition coefficient (Wildman–Crippen LogP) is 2.79. The molecule has 1 aromatic carbocycles. The van der Waals surface area contributed by atoms with Crippen molar-refractivity contribution in [3.05, 3.63) is 40.3 Å². The number of benzene rings is 1. The highest BCUT2D eigenvalue weighted by molar-refractivity contribution is 7.09. The van der Waals surface area contributed by atoms with Crippen LogP contribution >= 0.6 is 11.3 Å². The molecule has 1 fully saturated rings. The van der Waals surface area contributed by atoms with Crippen molar-refractivity contribution in [2.24, 2.45) is 0 Å². The summed E-state index contributed by atoms with van der Waals surface area (Å²) in [6.07, 6.45) is 1.79. The summed E-state index contributed by atoms with van der Waals surface area (Å²) in [5.74, 6) is -0.725. The van der Waals surface area contributed by atoms with Gasteiger partial charge in [0.2, 0.25) is 0 Å². The maximum atomic E-state index is 12.5. The molecule has 4 amide bonds. The van der Waals surface area contributed by atoms with E-state index in [1.165, 1.54) is 11.3 Å². The molecule has 2 N–H and O–H groups in total. The fourth-order valence-electron chi connectivity index (χ4n) is 2.54. The Morgan fingerprint density at radius 1 is 1.36 bits per heavy atom. The van der Waals surface area contributed by atoms with E-state index in [1.54, 1.807) is 36.6 Å². The van der Waals surface area contributed by atoms with Crippen LogP contribution in [0.1, 0.15) is 35.8 Å². The number of nitrogens with one attached hydrogen (secondary N) is 2. The molecule has 1 atom stereocenters. The number of carbonyl (C=O) groups excluding carboxylic acids is 3. The highest BCUT2D eigenvalue weighted by Gasteiger charge is 2.37. The lowest BCUT2D eigenvalue weighted by molar-refractivity contribution is -0.117. The Kier molecular flexibility index (Phi) is 4.80. The molecule has 2 aromatic rings. The maximum Gasteiger partial charge on any atom is 0.329 e. The molecular weight excluding hydrogens is 340 g/mol. The molecule has 1 saturated heterocycles. The van der Waals surface area contributed by atoms with Crippen LogP contribution in [0.15, 0.2) is 29.6 Å². The van der Waals surface area contributed by atoms with Crippen molar-refractivity contribution in [2.45, 2.75) is 32.7 Å². The van der Waals surface area contributed by atoms with Crippen molar-refractivity contribution in [2.75, 3.05) is 10.2 Å². The lowest BCUT2D eigenvalue weighted by atomic mass is 10.2. The van der Waals surface area contributed by atoms with Crippen LogP contribution in [-0.4, -0.2) is 28.9 Å². The molecule has 0 saturated carbocycles. The first-order chi connectivity index (χ1) is 12.0. The average molecular weight is 358 g/mol. The topological polar surface area (TPSA) is 91.4 Å². The molecule has 1 aliphatic heterocycles. The van der Waals surface area contributed by atoms with Crippen molar-refractivity contribution >= 4 is 40.6 Å². The summed E-state index contributed by atoms with van der Waals surface area (Å²) in [6, 6.07) is 5.61. The quantitative estimate of drug-likeness (QED) is 0.804. The van der Waals surface area contributed by atoms with Gasteiger partial charge in [0.25, 0.3) is 11.8 Å². The first-order valence-corrected chi connectivity index (χ1v) is 8.88. The summed E-state index contributed by atoms with van der Waals surface area (Å²) in [7, 11) is 0. The molecule has 0 spiro atoms. The second-order valence-corrected chi connectivity index (χ2v) is 6.64. The number of aryl methyl sites for hydroxylation is 1. The third-order valence-corrected chi connectivity index (χ3v) is 4.68. The summed E-state index contributed by atoms with van der Waals surface area (Å²) in [4.78, 5) is 42.1. The van der Waals surface area contributed by atoms with E-state index in [2.05, 4.69) is 22.5 Å². The highest BCUT2D eigenvalue weighted by atomic mass is 32.1. The van der Waals surface area contributed by atoms with Gasteiger partial charge in [0.15, 0.2) is 0 Å². The smallest absolute Gasteiger partial charge is 0.326 e. The van der Waals surface area contributed by atoms with Gasteiger partial charge in [-0.3, -0.25) is 9.59 Å². The Balaban J connectivity index is 1.85. The highest BCUT2D eigenvalue weighted by Crippen LogP contribution is 2.29. The fraction of sp³-hybridized carbons (Fsp3) is 0.294. The number of imide groups is 1. The van der Waals surface area contributed by atoms with Crippen LogP contribution in [0.3, 0.4) is 0 Å². The number of nitrogens with zero attached hydrogens (tertiary/aromatic N) is 2. The van der Waals surface area contributed by atoms with Crippen molar-refractivity contribution in [3.63, 3.8) is 0 Å². The molecule has 3 rings (SSSR count). The molecular formula is C17H18N4O3S. The number of carbonyl (C=O) groups is 3. The van der Waals surface area contributed by atoms with Crippen molar-refractivity contribution < 1.29 is 14.4 Å². The Morgan fingerprint density at radius 2 is 2.12 bits per heavy atom. The van der Waals surface area contributed by atoms with Gasteiger partial charge in [-0.15, -0.1) is 11.3 Å². The van der Waals surface area contributed by atoms with Gasteiger partial charge in [0, 0.05) is 5.38 Å². The third-order valence-electron chi connectivity index (χ3n) is 3.78. The molecule has 130 valence electrons. The van der Waals surface area contributed by atoms with Crippen LogP contribution in [0.5, 0.6) is 0 Å². The summed E-state index contributed by atoms with van der Waals surface area (Å²) in [6.45, 7) is 3.67. The Morgan fingerprint density at radius 3 is 2.80 bits per heavy atom. The normalized spacial score (nSPS) is 16.9. The van der Waals surface area contributed by atoms with E-state index in [-0.39, 0.29) is 11.8 Å². The number of para-hydroxylation sites is 2. The van der Waals surface area contributed by atoms with Gasteiger partial charge in [0.1, 0.15) is 11.7 Å². The first-order valence-electron chi connectivity index (χ1n) is 8.00. The van der Waals surface area contributed by atoms with E-state index >= 15 is 0 Å². The van der Waals surface area contributed by atoms with Gasteiger partial charge in [-0.25, -0.2) is 14.7 Å². The number of aromatic nitrogens is 1. The number of urea groups is 1. The van der Waals surface area contributed by atoms with Crippen LogP contribution < -0.4 is 15.5 Å². The molecule has 8 heteroatoms. The molecule has 1 aromatic heterocycles. The zero-order chi connectivity index (χ0) is 18.0. The molecule has 0 aliphatic carbocycles. The van der Waals surface area contributed by atoms with Gasteiger partial charge >= 0.3 is 6.03 Å². The number of thiazole rings is 1. The van der Waals surface area contributed by atoms with Gasteiger partial charge in [-0.05, 0) is 31.9 Å². The van der Waals surface area contributed by atoms with Gasteiger partial charge in [0.05, 0.1) is 16.4 Å². The summed E-state index contributed by atoms with van der Waals surface area (Å²) in [5.41, 5.74) is 1.05. The van der Waals surface area contributed by atoms with Crippen LogP contribution in [0.2, 0.25) is 0 Å². The van der Waals surface area contributed by atoms with E-state index in [4.69, 9.17) is 0 Å². The van der Waals surface area contributed by atoms with Crippen LogP contribution in [0, 0.1) is 0 Å². The second-order valence-electron chi connectivity index (χ2n) is 5.69. The average Bonchev–Trinajstić information content (AvgIpc) is 3.14. The molecule has 1 unspecified atom stereocenters.